The molecule has 5 heteroatoms. The highest BCUT2D eigenvalue weighted by molar-refractivity contribution is 6.42. The van der Waals surface area contributed by atoms with E-state index in [9.17, 15) is 0 Å². The van der Waals surface area contributed by atoms with Crippen molar-refractivity contribution in [3.8, 4) is 0 Å². The molecule has 0 aliphatic carbocycles. The van der Waals surface area contributed by atoms with Gasteiger partial charge in [-0.15, -0.1) is 0 Å². The fourth-order valence-electron chi connectivity index (χ4n) is 1.94. The van der Waals surface area contributed by atoms with Gasteiger partial charge in [-0.3, -0.25) is 0 Å². The maximum Gasteiger partial charge on any atom is 0.122 e. The Bertz CT molecular complexity index is 551. The molecular formula is C14H17Cl2N3. The molecule has 1 heterocycles. The van der Waals surface area contributed by atoms with Gasteiger partial charge in [0, 0.05) is 25.0 Å². The predicted molar refractivity (Wildman–Crippen MR) is 79.6 cm³/mol. The zero-order chi connectivity index (χ0) is 13.8. The van der Waals surface area contributed by atoms with Gasteiger partial charge in [-0.2, -0.15) is 0 Å². The minimum Gasteiger partial charge on any atom is -0.334 e. The van der Waals surface area contributed by atoms with Crippen LogP contribution in [0.1, 0.15) is 31.3 Å². The van der Waals surface area contributed by atoms with Gasteiger partial charge < -0.3 is 9.88 Å². The minimum absolute atomic E-state index is 0.191. The van der Waals surface area contributed by atoms with Crippen LogP contribution in [0.15, 0.2) is 30.6 Å². The summed E-state index contributed by atoms with van der Waals surface area (Å²) >= 11 is 11.9. The summed E-state index contributed by atoms with van der Waals surface area (Å²) < 4.78 is 2.12. The lowest BCUT2D eigenvalue weighted by Crippen LogP contribution is -2.20. The van der Waals surface area contributed by atoms with E-state index in [4.69, 9.17) is 23.2 Å². The quantitative estimate of drug-likeness (QED) is 0.902. The lowest BCUT2D eigenvalue weighted by atomic mass is 10.1. The lowest BCUT2D eigenvalue weighted by Gasteiger charge is -2.15. The molecule has 1 aromatic heterocycles. The van der Waals surface area contributed by atoms with Gasteiger partial charge in [0.1, 0.15) is 5.82 Å². The Kier molecular flexibility index (Phi) is 4.86. The second-order valence-corrected chi connectivity index (χ2v) is 5.22. The number of nitrogens with zero attached hydrogens (tertiary/aromatic N) is 2. The highest BCUT2D eigenvalue weighted by Gasteiger charge is 2.09. The molecule has 0 aliphatic rings. The van der Waals surface area contributed by atoms with Crippen molar-refractivity contribution in [3.05, 3.63) is 52.0 Å². The second-order valence-electron chi connectivity index (χ2n) is 4.41. The van der Waals surface area contributed by atoms with E-state index in [0.717, 1.165) is 24.5 Å². The minimum atomic E-state index is 0.191. The van der Waals surface area contributed by atoms with Crippen molar-refractivity contribution in [2.75, 3.05) is 0 Å². The van der Waals surface area contributed by atoms with Crippen molar-refractivity contribution < 1.29 is 0 Å². The van der Waals surface area contributed by atoms with Gasteiger partial charge in [0.05, 0.1) is 16.6 Å². The highest BCUT2D eigenvalue weighted by atomic mass is 35.5. The van der Waals surface area contributed by atoms with Gasteiger partial charge in [0.25, 0.3) is 0 Å². The van der Waals surface area contributed by atoms with Crippen LogP contribution in [-0.2, 0) is 13.1 Å². The standard InChI is InChI=1S/C14H17Cl2N3/c1-3-19-7-6-17-14(19)9-18-10(2)11-4-5-12(15)13(16)8-11/h4-8,10,18H,3,9H2,1-2H3/t10-/m0/s1. The van der Waals surface area contributed by atoms with Gasteiger partial charge in [0.2, 0.25) is 0 Å². The molecule has 102 valence electrons. The van der Waals surface area contributed by atoms with E-state index in [2.05, 4.69) is 28.7 Å². The van der Waals surface area contributed by atoms with Crippen LogP contribution in [-0.4, -0.2) is 9.55 Å². The largest absolute Gasteiger partial charge is 0.334 e. The zero-order valence-electron chi connectivity index (χ0n) is 11.0. The molecule has 1 N–H and O–H groups in total. The second kappa shape index (κ2) is 6.42. The molecule has 2 rings (SSSR count). The molecule has 2 aromatic rings. The number of rotatable bonds is 5. The molecular weight excluding hydrogens is 281 g/mol. The maximum atomic E-state index is 6.03. The van der Waals surface area contributed by atoms with E-state index in [1.54, 1.807) is 0 Å². The Morgan fingerprint density at radius 2 is 2.11 bits per heavy atom. The molecule has 19 heavy (non-hydrogen) atoms. The van der Waals surface area contributed by atoms with Gasteiger partial charge in [-0.25, -0.2) is 4.98 Å². The van der Waals surface area contributed by atoms with Crippen molar-refractivity contribution in [2.45, 2.75) is 33.0 Å². The van der Waals surface area contributed by atoms with Crippen LogP contribution in [0.2, 0.25) is 10.0 Å². The molecule has 1 aromatic carbocycles. The van der Waals surface area contributed by atoms with Crippen LogP contribution in [0.3, 0.4) is 0 Å². The molecule has 0 bridgehead atoms. The SMILES string of the molecule is CCn1ccnc1CN[C@@H](C)c1ccc(Cl)c(Cl)c1. The fraction of sp³-hybridized carbons (Fsp3) is 0.357. The van der Waals surface area contributed by atoms with Crippen molar-refractivity contribution in [2.24, 2.45) is 0 Å². The molecule has 3 nitrogen and oxygen atoms in total. The van der Waals surface area contributed by atoms with Gasteiger partial charge in [0.15, 0.2) is 0 Å². The van der Waals surface area contributed by atoms with Gasteiger partial charge in [-0.1, -0.05) is 29.3 Å². The summed E-state index contributed by atoms with van der Waals surface area (Å²) in [5.41, 5.74) is 1.11. The Morgan fingerprint density at radius 3 is 2.79 bits per heavy atom. The van der Waals surface area contributed by atoms with Gasteiger partial charge >= 0.3 is 0 Å². The molecule has 0 amide bonds. The molecule has 0 fully saturated rings. The number of benzene rings is 1. The fourth-order valence-corrected chi connectivity index (χ4v) is 2.25. The molecule has 0 aliphatic heterocycles. The van der Waals surface area contributed by atoms with Crippen molar-refractivity contribution in [1.29, 1.82) is 0 Å². The van der Waals surface area contributed by atoms with Gasteiger partial charge in [-0.05, 0) is 31.5 Å². The van der Waals surface area contributed by atoms with E-state index in [-0.39, 0.29) is 6.04 Å². The molecule has 0 saturated carbocycles. The number of aromatic nitrogens is 2. The highest BCUT2D eigenvalue weighted by Crippen LogP contribution is 2.25. The van der Waals surface area contributed by atoms with E-state index in [1.165, 1.54) is 0 Å². The Balaban J connectivity index is 2.01. The van der Waals surface area contributed by atoms with E-state index in [0.29, 0.717) is 10.0 Å². The summed E-state index contributed by atoms with van der Waals surface area (Å²) in [4.78, 5) is 4.34. The summed E-state index contributed by atoms with van der Waals surface area (Å²) in [6.45, 7) is 5.85. The van der Waals surface area contributed by atoms with Crippen LogP contribution < -0.4 is 5.32 Å². The van der Waals surface area contributed by atoms with Crippen LogP contribution in [0.5, 0.6) is 0 Å². The summed E-state index contributed by atoms with van der Waals surface area (Å²) in [5, 5.41) is 4.61. The van der Waals surface area contributed by atoms with Crippen LogP contribution >= 0.6 is 23.2 Å². The Morgan fingerprint density at radius 1 is 1.32 bits per heavy atom. The summed E-state index contributed by atoms with van der Waals surface area (Å²) in [6.07, 6.45) is 3.81. The number of aryl methyl sites for hydroxylation is 1. The van der Waals surface area contributed by atoms with E-state index >= 15 is 0 Å². The monoisotopic (exact) mass is 297 g/mol. The summed E-state index contributed by atoms with van der Waals surface area (Å²) in [6, 6.07) is 5.90. The lowest BCUT2D eigenvalue weighted by molar-refractivity contribution is 0.540. The molecule has 0 spiro atoms. The molecule has 1 atom stereocenters. The number of nitrogens with one attached hydrogen (secondary N) is 1. The molecule has 0 radical (unpaired) electrons. The molecule has 0 saturated heterocycles. The number of hydrogen-bond acceptors (Lipinski definition) is 2. The predicted octanol–water partition coefficient (Wildman–Crippen LogP) is 4.06. The number of imidazole rings is 1. The first-order chi connectivity index (χ1) is 9.11. The normalized spacial score (nSPS) is 12.6. The third-order valence-corrected chi connectivity index (χ3v) is 3.89. The average molecular weight is 298 g/mol. The van der Waals surface area contributed by atoms with E-state index < -0.39 is 0 Å². The van der Waals surface area contributed by atoms with E-state index in [1.807, 2.05) is 30.6 Å². The summed E-state index contributed by atoms with van der Waals surface area (Å²) in [7, 11) is 0. The Labute approximate surface area is 123 Å². The third kappa shape index (κ3) is 3.50. The summed E-state index contributed by atoms with van der Waals surface area (Å²) in [5.74, 6) is 1.04. The number of halogens is 2. The third-order valence-electron chi connectivity index (χ3n) is 3.15. The zero-order valence-corrected chi connectivity index (χ0v) is 12.5. The van der Waals surface area contributed by atoms with Crippen LogP contribution in [0.25, 0.3) is 0 Å². The number of hydrogen-bond donors (Lipinski definition) is 1. The topological polar surface area (TPSA) is 29.9 Å². The first-order valence-electron chi connectivity index (χ1n) is 6.30. The first kappa shape index (κ1) is 14.4. The van der Waals surface area contributed by atoms with Crippen molar-refractivity contribution in [1.82, 2.24) is 14.9 Å². The average Bonchev–Trinajstić information content (AvgIpc) is 2.86. The maximum absolute atomic E-state index is 6.03. The molecule has 0 unspecified atom stereocenters. The first-order valence-corrected chi connectivity index (χ1v) is 7.05. The van der Waals surface area contributed by atoms with Crippen LogP contribution in [0.4, 0.5) is 0 Å². The smallest absolute Gasteiger partial charge is 0.122 e. The van der Waals surface area contributed by atoms with Crippen molar-refractivity contribution >= 4 is 23.2 Å². The Hall–Kier alpha value is -1.03. The van der Waals surface area contributed by atoms with Crippen molar-refractivity contribution in [3.63, 3.8) is 0 Å². The van der Waals surface area contributed by atoms with Crippen LogP contribution in [0, 0.1) is 0 Å².